The molecule has 1 saturated heterocycles. The molecule has 1 fully saturated rings. The van der Waals surface area contributed by atoms with Crippen LogP contribution in [0.15, 0.2) is 54.6 Å². The van der Waals surface area contributed by atoms with Gasteiger partial charge in [-0.05, 0) is 36.2 Å². The molecule has 0 saturated carbocycles. The van der Waals surface area contributed by atoms with Crippen molar-refractivity contribution in [1.29, 1.82) is 0 Å². The Morgan fingerprint density at radius 1 is 0.950 bits per heavy atom. The number of rotatable bonds is 2. The van der Waals surface area contributed by atoms with E-state index in [0.29, 0.717) is 12.0 Å². The molecule has 0 spiro atoms. The number of hydrogen-bond acceptors (Lipinski definition) is 1. The molecule has 1 nitrogen and oxygen atoms in total. The summed E-state index contributed by atoms with van der Waals surface area (Å²) in [5.74, 6) is 7.09. The van der Waals surface area contributed by atoms with Crippen LogP contribution in [0, 0.1) is 11.8 Å². The normalized spacial score (nSPS) is 20.6. The Bertz CT molecular complexity index is 614. The van der Waals surface area contributed by atoms with E-state index in [4.69, 9.17) is 0 Å². The van der Waals surface area contributed by atoms with Crippen molar-refractivity contribution < 1.29 is 0 Å². The lowest BCUT2D eigenvalue weighted by Gasteiger charge is -2.38. The number of benzene rings is 2. The minimum atomic E-state index is 0.649. The first kappa shape index (κ1) is 13.0. The molecule has 0 amide bonds. The molecule has 0 aliphatic carbocycles. The van der Waals surface area contributed by atoms with Gasteiger partial charge in [0, 0.05) is 29.6 Å². The van der Waals surface area contributed by atoms with E-state index >= 15 is 0 Å². The zero-order valence-electron chi connectivity index (χ0n) is 11.8. The van der Waals surface area contributed by atoms with Gasteiger partial charge in [0.1, 0.15) is 0 Å². The van der Waals surface area contributed by atoms with E-state index in [-0.39, 0.29) is 0 Å². The van der Waals surface area contributed by atoms with Crippen LogP contribution in [0.2, 0.25) is 0 Å². The lowest BCUT2D eigenvalue weighted by Crippen LogP contribution is -2.50. The van der Waals surface area contributed by atoms with Crippen LogP contribution < -0.4 is 5.32 Å². The van der Waals surface area contributed by atoms with E-state index in [9.17, 15) is 0 Å². The van der Waals surface area contributed by atoms with E-state index in [2.05, 4.69) is 48.3 Å². The molecule has 20 heavy (non-hydrogen) atoms. The van der Waals surface area contributed by atoms with Crippen LogP contribution in [0.25, 0.3) is 0 Å². The standard InChI is InChI=1S/C19H19N/c1-2-19-18(14-20-19)17-12-10-16(11-13-17)9-8-15-6-4-3-5-7-15/h3-7,10-13,18-20H,2,14H2,1H3/t18-,19?/m1/s1. The van der Waals surface area contributed by atoms with Gasteiger partial charge >= 0.3 is 0 Å². The van der Waals surface area contributed by atoms with Crippen molar-refractivity contribution in [2.45, 2.75) is 25.3 Å². The van der Waals surface area contributed by atoms with Crippen molar-refractivity contribution in [1.82, 2.24) is 5.32 Å². The second-order valence-corrected chi connectivity index (χ2v) is 5.27. The van der Waals surface area contributed by atoms with E-state index < -0.39 is 0 Å². The minimum Gasteiger partial charge on any atom is -0.313 e. The molecule has 2 aromatic rings. The molecule has 0 radical (unpaired) electrons. The van der Waals surface area contributed by atoms with Crippen LogP contribution in [-0.2, 0) is 0 Å². The molecule has 3 rings (SSSR count). The summed E-state index contributed by atoms with van der Waals surface area (Å²) in [4.78, 5) is 0. The van der Waals surface area contributed by atoms with Crippen LogP contribution in [0.4, 0.5) is 0 Å². The first-order chi connectivity index (χ1) is 9.86. The maximum Gasteiger partial charge on any atom is 0.0249 e. The second kappa shape index (κ2) is 5.94. The maximum absolute atomic E-state index is 3.48. The highest BCUT2D eigenvalue weighted by atomic mass is 15.0. The molecule has 1 unspecified atom stereocenters. The summed E-state index contributed by atoms with van der Waals surface area (Å²) < 4.78 is 0. The van der Waals surface area contributed by atoms with Crippen molar-refractivity contribution in [3.63, 3.8) is 0 Å². The lowest BCUT2D eigenvalue weighted by atomic mass is 9.83. The lowest BCUT2D eigenvalue weighted by molar-refractivity contribution is 0.303. The van der Waals surface area contributed by atoms with Gasteiger partial charge in [0.25, 0.3) is 0 Å². The van der Waals surface area contributed by atoms with Gasteiger partial charge in [0.2, 0.25) is 0 Å². The average molecular weight is 261 g/mol. The van der Waals surface area contributed by atoms with Crippen LogP contribution in [0.1, 0.15) is 36.0 Å². The molecule has 1 aliphatic rings. The summed E-state index contributed by atoms with van der Waals surface area (Å²) in [5.41, 5.74) is 3.57. The largest absolute Gasteiger partial charge is 0.313 e. The molecular formula is C19H19N. The van der Waals surface area contributed by atoms with Crippen LogP contribution in [0.3, 0.4) is 0 Å². The molecule has 100 valence electrons. The molecule has 1 heteroatoms. The van der Waals surface area contributed by atoms with Crippen LogP contribution in [-0.4, -0.2) is 12.6 Å². The third-order valence-corrected chi connectivity index (χ3v) is 3.99. The second-order valence-electron chi connectivity index (χ2n) is 5.27. The first-order valence-corrected chi connectivity index (χ1v) is 7.27. The fourth-order valence-corrected chi connectivity index (χ4v) is 2.66. The van der Waals surface area contributed by atoms with Crippen molar-refractivity contribution in [2.24, 2.45) is 0 Å². The third kappa shape index (κ3) is 2.76. The number of hydrogen-bond donors (Lipinski definition) is 1. The zero-order chi connectivity index (χ0) is 13.8. The molecule has 1 aliphatic heterocycles. The van der Waals surface area contributed by atoms with E-state index in [1.54, 1.807) is 0 Å². The molecule has 1 N–H and O–H groups in total. The van der Waals surface area contributed by atoms with E-state index in [0.717, 1.165) is 17.7 Å². The van der Waals surface area contributed by atoms with Crippen molar-refractivity contribution in [3.05, 3.63) is 71.3 Å². The SMILES string of the molecule is CCC1NC[C@@H]1c1ccc(C#Cc2ccccc2)cc1. The Labute approximate surface area is 121 Å². The maximum atomic E-state index is 3.48. The number of nitrogens with one attached hydrogen (secondary N) is 1. The van der Waals surface area contributed by atoms with Gasteiger partial charge in [0.05, 0.1) is 0 Å². The van der Waals surface area contributed by atoms with Gasteiger partial charge in [-0.25, -0.2) is 0 Å². The summed E-state index contributed by atoms with van der Waals surface area (Å²) in [6, 6.07) is 19.5. The predicted molar refractivity (Wildman–Crippen MR) is 83.7 cm³/mol. The van der Waals surface area contributed by atoms with E-state index in [1.807, 2.05) is 30.3 Å². The van der Waals surface area contributed by atoms with Gasteiger partial charge in [0.15, 0.2) is 0 Å². The van der Waals surface area contributed by atoms with Crippen molar-refractivity contribution >= 4 is 0 Å². The van der Waals surface area contributed by atoms with Gasteiger partial charge in [-0.2, -0.15) is 0 Å². The fourth-order valence-electron chi connectivity index (χ4n) is 2.66. The highest BCUT2D eigenvalue weighted by Gasteiger charge is 2.29. The Kier molecular flexibility index (Phi) is 3.85. The molecule has 2 atom stereocenters. The van der Waals surface area contributed by atoms with Crippen LogP contribution >= 0.6 is 0 Å². The van der Waals surface area contributed by atoms with Gasteiger partial charge < -0.3 is 5.32 Å². The van der Waals surface area contributed by atoms with Crippen molar-refractivity contribution in [3.8, 4) is 11.8 Å². The molecule has 1 heterocycles. The Morgan fingerprint density at radius 2 is 1.60 bits per heavy atom. The highest BCUT2D eigenvalue weighted by molar-refractivity contribution is 5.44. The Morgan fingerprint density at radius 3 is 2.15 bits per heavy atom. The summed E-state index contributed by atoms with van der Waals surface area (Å²) in [5, 5.41) is 3.48. The molecule has 0 bridgehead atoms. The van der Waals surface area contributed by atoms with Gasteiger partial charge in [-0.1, -0.05) is 49.1 Å². The molecular weight excluding hydrogens is 242 g/mol. The van der Waals surface area contributed by atoms with Crippen molar-refractivity contribution in [2.75, 3.05) is 6.54 Å². The van der Waals surface area contributed by atoms with Crippen LogP contribution in [0.5, 0.6) is 0 Å². The summed E-state index contributed by atoms with van der Waals surface area (Å²) >= 11 is 0. The zero-order valence-corrected chi connectivity index (χ0v) is 11.8. The predicted octanol–water partition coefficient (Wildman–Crippen LogP) is 3.55. The smallest absolute Gasteiger partial charge is 0.0249 e. The fraction of sp³-hybridized carbons (Fsp3) is 0.263. The third-order valence-electron chi connectivity index (χ3n) is 3.99. The summed E-state index contributed by atoms with van der Waals surface area (Å²) in [7, 11) is 0. The first-order valence-electron chi connectivity index (χ1n) is 7.27. The summed E-state index contributed by atoms with van der Waals surface area (Å²) in [6.07, 6.45) is 1.19. The minimum absolute atomic E-state index is 0.649. The highest BCUT2D eigenvalue weighted by Crippen LogP contribution is 2.27. The van der Waals surface area contributed by atoms with Gasteiger partial charge in [-0.3, -0.25) is 0 Å². The molecule has 0 aromatic heterocycles. The monoisotopic (exact) mass is 261 g/mol. The quantitative estimate of drug-likeness (QED) is 0.815. The average Bonchev–Trinajstić information content (AvgIpc) is 2.47. The van der Waals surface area contributed by atoms with E-state index in [1.165, 1.54) is 12.0 Å². The topological polar surface area (TPSA) is 12.0 Å². The molecule has 2 aromatic carbocycles. The Hall–Kier alpha value is -2.04. The summed E-state index contributed by atoms with van der Waals surface area (Å²) in [6.45, 7) is 3.34. The Balaban J connectivity index is 1.72. The van der Waals surface area contributed by atoms with Gasteiger partial charge in [-0.15, -0.1) is 0 Å².